The van der Waals surface area contributed by atoms with Gasteiger partial charge in [0.1, 0.15) is 5.56 Å². The van der Waals surface area contributed by atoms with E-state index in [-0.39, 0.29) is 11.8 Å². The molecule has 1 aromatic rings. The van der Waals surface area contributed by atoms with Gasteiger partial charge in [-0.2, -0.15) is 0 Å². The molecule has 0 unspecified atom stereocenters. The lowest BCUT2D eigenvalue weighted by atomic mass is 10.0. The van der Waals surface area contributed by atoms with Gasteiger partial charge in [-0.25, -0.2) is 0 Å². The van der Waals surface area contributed by atoms with E-state index < -0.39 is 0 Å². The molecule has 0 fully saturated rings. The van der Waals surface area contributed by atoms with Crippen LogP contribution in [-0.2, 0) is 0 Å². The first-order valence-electron chi connectivity index (χ1n) is 6.97. The Morgan fingerprint density at radius 1 is 1.37 bits per heavy atom. The maximum absolute atomic E-state index is 12.2. The summed E-state index contributed by atoms with van der Waals surface area (Å²) in [5.41, 5.74) is 1.25. The van der Waals surface area contributed by atoms with Gasteiger partial charge in [0.25, 0.3) is 5.91 Å². The van der Waals surface area contributed by atoms with Gasteiger partial charge < -0.3 is 14.7 Å². The molecule has 0 radical (unpaired) electrons. The van der Waals surface area contributed by atoms with E-state index in [0.29, 0.717) is 23.6 Å². The Balaban J connectivity index is 2.61. The van der Waals surface area contributed by atoms with Crippen LogP contribution >= 0.6 is 0 Å². The normalized spacial score (nSPS) is 11.3. The maximum atomic E-state index is 12.2. The first kappa shape index (κ1) is 15.7. The van der Waals surface area contributed by atoms with Gasteiger partial charge in [0.2, 0.25) is 0 Å². The number of hydrogen-bond acceptors (Lipinski definition) is 4. The minimum absolute atomic E-state index is 0.0883. The summed E-state index contributed by atoms with van der Waals surface area (Å²) < 4.78 is 5.23. The molecule has 1 aromatic heterocycles. The van der Waals surface area contributed by atoms with Crippen LogP contribution < -0.4 is 5.32 Å². The Morgan fingerprint density at radius 2 is 2.00 bits per heavy atom. The predicted molar refractivity (Wildman–Crippen MR) is 75.5 cm³/mol. The van der Waals surface area contributed by atoms with Gasteiger partial charge in [-0.05, 0) is 20.0 Å². The summed E-state index contributed by atoms with van der Waals surface area (Å²) in [5, 5.41) is 6.83. The van der Waals surface area contributed by atoms with Crippen molar-refractivity contribution >= 4 is 5.91 Å². The molecule has 0 saturated heterocycles. The molecule has 5 nitrogen and oxygen atoms in total. The van der Waals surface area contributed by atoms with Crippen LogP contribution in [0.25, 0.3) is 0 Å². The van der Waals surface area contributed by atoms with Gasteiger partial charge in [-0.3, -0.25) is 4.79 Å². The lowest BCUT2D eigenvalue weighted by molar-refractivity contribution is 0.0946. The number of nitrogens with zero attached hydrogens (tertiary/aromatic N) is 2. The van der Waals surface area contributed by atoms with Crippen LogP contribution in [0.1, 0.15) is 55.4 Å². The van der Waals surface area contributed by atoms with Crippen LogP contribution in [0, 0.1) is 6.92 Å². The van der Waals surface area contributed by atoms with Gasteiger partial charge in [-0.15, -0.1) is 0 Å². The molecule has 0 atom stereocenters. The monoisotopic (exact) mass is 267 g/mol. The van der Waals surface area contributed by atoms with E-state index >= 15 is 0 Å². The van der Waals surface area contributed by atoms with E-state index in [4.69, 9.17) is 4.52 Å². The SMILES string of the molecule is CCN(CC)CCNC(=O)c1c(C)noc1C(C)C. The molecule has 19 heavy (non-hydrogen) atoms. The zero-order chi connectivity index (χ0) is 14.4. The molecule has 0 aliphatic heterocycles. The second-order valence-electron chi connectivity index (χ2n) is 4.94. The van der Waals surface area contributed by atoms with Crippen molar-refractivity contribution in [2.24, 2.45) is 0 Å². The molecular formula is C14H25N3O2. The molecule has 1 amide bonds. The fraction of sp³-hybridized carbons (Fsp3) is 0.714. The standard InChI is InChI=1S/C14H25N3O2/c1-6-17(7-2)9-8-15-14(18)12-11(5)16-19-13(12)10(3)4/h10H,6-9H2,1-5H3,(H,15,18). The molecule has 0 aliphatic carbocycles. The van der Waals surface area contributed by atoms with Crippen LogP contribution in [-0.4, -0.2) is 42.1 Å². The summed E-state index contributed by atoms with van der Waals surface area (Å²) in [6.07, 6.45) is 0. The summed E-state index contributed by atoms with van der Waals surface area (Å²) in [6.45, 7) is 13.5. The average molecular weight is 267 g/mol. The summed E-state index contributed by atoms with van der Waals surface area (Å²) in [6, 6.07) is 0. The third-order valence-electron chi connectivity index (χ3n) is 3.25. The second-order valence-corrected chi connectivity index (χ2v) is 4.94. The molecule has 0 aliphatic rings. The van der Waals surface area contributed by atoms with Crippen molar-refractivity contribution in [2.45, 2.75) is 40.5 Å². The summed E-state index contributed by atoms with van der Waals surface area (Å²) in [4.78, 5) is 14.4. The lowest BCUT2D eigenvalue weighted by Gasteiger charge is -2.18. The highest BCUT2D eigenvalue weighted by Gasteiger charge is 2.22. The number of rotatable bonds is 7. The van der Waals surface area contributed by atoms with Gasteiger partial charge in [0.15, 0.2) is 5.76 Å². The van der Waals surface area contributed by atoms with Crippen molar-refractivity contribution in [2.75, 3.05) is 26.2 Å². The van der Waals surface area contributed by atoms with E-state index in [2.05, 4.69) is 29.2 Å². The first-order valence-corrected chi connectivity index (χ1v) is 6.97. The zero-order valence-electron chi connectivity index (χ0n) is 12.6. The highest BCUT2D eigenvalue weighted by atomic mass is 16.5. The number of aryl methyl sites for hydroxylation is 1. The Kier molecular flexibility index (Phi) is 6.02. The molecule has 0 bridgehead atoms. The average Bonchev–Trinajstić information content (AvgIpc) is 2.76. The van der Waals surface area contributed by atoms with Crippen LogP contribution in [0.2, 0.25) is 0 Å². The molecule has 1 heterocycles. The largest absolute Gasteiger partial charge is 0.360 e. The Labute approximate surface area is 115 Å². The summed E-state index contributed by atoms with van der Waals surface area (Å²) in [7, 11) is 0. The minimum atomic E-state index is -0.0883. The highest BCUT2D eigenvalue weighted by molar-refractivity contribution is 5.96. The van der Waals surface area contributed by atoms with Gasteiger partial charge in [-0.1, -0.05) is 32.9 Å². The number of amides is 1. The van der Waals surface area contributed by atoms with Crippen LogP contribution in [0.15, 0.2) is 4.52 Å². The number of carbonyl (C=O) groups excluding carboxylic acids is 1. The van der Waals surface area contributed by atoms with Gasteiger partial charge >= 0.3 is 0 Å². The topological polar surface area (TPSA) is 58.4 Å². The third kappa shape index (κ3) is 4.06. The predicted octanol–water partition coefficient (Wildman–Crippen LogP) is 2.18. The highest BCUT2D eigenvalue weighted by Crippen LogP contribution is 2.21. The zero-order valence-corrected chi connectivity index (χ0v) is 12.6. The smallest absolute Gasteiger partial charge is 0.256 e. The number of carbonyl (C=O) groups is 1. The van der Waals surface area contributed by atoms with Crippen molar-refractivity contribution in [3.8, 4) is 0 Å². The van der Waals surface area contributed by atoms with Crippen LogP contribution in [0.3, 0.4) is 0 Å². The Bertz CT molecular complexity index is 409. The van der Waals surface area contributed by atoms with E-state index in [0.717, 1.165) is 19.6 Å². The molecule has 0 saturated carbocycles. The molecule has 5 heteroatoms. The number of likely N-dealkylation sites (N-methyl/N-ethyl adjacent to an activating group) is 1. The van der Waals surface area contributed by atoms with E-state index in [1.165, 1.54) is 0 Å². The lowest BCUT2D eigenvalue weighted by Crippen LogP contribution is -2.35. The first-order chi connectivity index (χ1) is 9.01. The van der Waals surface area contributed by atoms with Crippen LogP contribution in [0.5, 0.6) is 0 Å². The number of nitrogens with one attached hydrogen (secondary N) is 1. The third-order valence-corrected chi connectivity index (χ3v) is 3.25. The van der Waals surface area contributed by atoms with Gasteiger partial charge in [0, 0.05) is 19.0 Å². The van der Waals surface area contributed by atoms with Crippen molar-refractivity contribution in [3.63, 3.8) is 0 Å². The van der Waals surface area contributed by atoms with E-state index in [9.17, 15) is 4.79 Å². The Hall–Kier alpha value is -1.36. The number of aromatic nitrogens is 1. The molecule has 108 valence electrons. The minimum Gasteiger partial charge on any atom is -0.360 e. The molecule has 1 N–H and O–H groups in total. The van der Waals surface area contributed by atoms with Gasteiger partial charge in [0.05, 0.1) is 5.69 Å². The van der Waals surface area contributed by atoms with Crippen molar-refractivity contribution in [3.05, 3.63) is 17.0 Å². The number of hydrogen-bond donors (Lipinski definition) is 1. The molecule has 0 aromatic carbocycles. The van der Waals surface area contributed by atoms with Crippen molar-refractivity contribution < 1.29 is 9.32 Å². The molecule has 0 spiro atoms. The maximum Gasteiger partial charge on any atom is 0.256 e. The Morgan fingerprint density at radius 3 is 2.53 bits per heavy atom. The van der Waals surface area contributed by atoms with E-state index in [1.807, 2.05) is 13.8 Å². The van der Waals surface area contributed by atoms with Crippen LogP contribution in [0.4, 0.5) is 0 Å². The molecule has 1 rings (SSSR count). The van der Waals surface area contributed by atoms with Crippen molar-refractivity contribution in [1.29, 1.82) is 0 Å². The fourth-order valence-electron chi connectivity index (χ4n) is 2.01. The van der Waals surface area contributed by atoms with Crippen molar-refractivity contribution in [1.82, 2.24) is 15.4 Å². The fourth-order valence-corrected chi connectivity index (χ4v) is 2.01. The quantitative estimate of drug-likeness (QED) is 0.822. The summed E-state index contributed by atoms with van der Waals surface area (Å²) in [5.74, 6) is 0.733. The second kappa shape index (κ2) is 7.28. The van der Waals surface area contributed by atoms with E-state index in [1.54, 1.807) is 6.92 Å². The summed E-state index contributed by atoms with van der Waals surface area (Å²) >= 11 is 0. The molecular weight excluding hydrogens is 242 g/mol.